The molecule has 1 aliphatic rings. The third kappa shape index (κ3) is 3.69. The number of hydrogen-bond acceptors (Lipinski definition) is 1. The van der Waals surface area contributed by atoms with E-state index in [1.807, 2.05) is 0 Å². The Morgan fingerprint density at radius 2 is 2.06 bits per heavy atom. The summed E-state index contributed by atoms with van der Waals surface area (Å²) in [6, 6.07) is 0. The normalized spacial score (nSPS) is 16.4. The highest BCUT2D eigenvalue weighted by Crippen LogP contribution is 2.36. The van der Waals surface area contributed by atoms with Gasteiger partial charge in [-0.2, -0.15) is 0 Å². The van der Waals surface area contributed by atoms with E-state index in [2.05, 4.69) is 51.7 Å². The van der Waals surface area contributed by atoms with E-state index in [-0.39, 0.29) is 5.04 Å². The van der Waals surface area contributed by atoms with Crippen LogP contribution in [-0.4, -0.2) is 8.32 Å². The summed E-state index contributed by atoms with van der Waals surface area (Å²) in [5.41, 5.74) is 4.55. The summed E-state index contributed by atoms with van der Waals surface area (Å²) in [5.74, 6) is 0. The Labute approximate surface area is 101 Å². The summed E-state index contributed by atoms with van der Waals surface area (Å²) < 4.78 is 5.90. The van der Waals surface area contributed by atoms with Gasteiger partial charge in [-0.25, -0.2) is 0 Å². The van der Waals surface area contributed by atoms with E-state index in [4.69, 9.17) is 4.43 Å². The van der Waals surface area contributed by atoms with Gasteiger partial charge in [0.25, 0.3) is 8.32 Å². The molecule has 0 saturated carbocycles. The fraction of sp³-hybridized carbons (Fsp3) is 0.643. The van der Waals surface area contributed by atoms with Gasteiger partial charge in [0.15, 0.2) is 0 Å². The van der Waals surface area contributed by atoms with Crippen molar-refractivity contribution in [1.29, 1.82) is 0 Å². The average molecular weight is 236 g/mol. The molecular weight excluding hydrogens is 212 g/mol. The zero-order chi connectivity index (χ0) is 12.2. The highest BCUT2D eigenvalue weighted by Gasteiger charge is 2.37. The quantitative estimate of drug-likeness (QED) is 0.389. The molecule has 0 bridgehead atoms. The molecule has 0 spiro atoms. The van der Waals surface area contributed by atoms with Crippen molar-refractivity contribution < 1.29 is 4.43 Å². The number of allylic oxidation sites excluding steroid dienone is 3. The van der Waals surface area contributed by atoms with Crippen LogP contribution in [0.4, 0.5) is 0 Å². The van der Waals surface area contributed by atoms with E-state index >= 15 is 0 Å². The Balaban J connectivity index is 2.53. The Kier molecular flexibility index (Phi) is 4.23. The summed E-state index contributed by atoms with van der Waals surface area (Å²) in [4.78, 5) is 0. The highest BCUT2D eigenvalue weighted by molar-refractivity contribution is 6.74. The van der Waals surface area contributed by atoms with Gasteiger partial charge in [-0.3, -0.25) is 0 Å². The van der Waals surface area contributed by atoms with Crippen LogP contribution < -0.4 is 0 Å². The molecule has 0 heterocycles. The highest BCUT2D eigenvalue weighted by atomic mass is 28.4. The molecule has 16 heavy (non-hydrogen) atoms. The smallest absolute Gasteiger partial charge is 0.250 e. The second kappa shape index (κ2) is 5.07. The summed E-state index contributed by atoms with van der Waals surface area (Å²) in [5, 5.41) is 0.262. The second-order valence-electron chi connectivity index (χ2n) is 5.98. The molecule has 0 atom stereocenters. The summed E-state index contributed by atoms with van der Waals surface area (Å²) in [6.45, 7) is 11.2. The first-order valence-corrected chi connectivity index (χ1v) is 9.01. The van der Waals surface area contributed by atoms with Crippen molar-refractivity contribution in [3.05, 3.63) is 29.7 Å². The van der Waals surface area contributed by atoms with E-state index in [1.165, 1.54) is 24.8 Å². The molecule has 0 unspecified atom stereocenters. The van der Waals surface area contributed by atoms with Gasteiger partial charge in [0, 0.05) is 0 Å². The van der Waals surface area contributed by atoms with Crippen molar-refractivity contribution in [3.63, 3.8) is 0 Å². The van der Waals surface area contributed by atoms with Crippen LogP contribution in [0.1, 0.15) is 40.0 Å². The topological polar surface area (TPSA) is 9.23 Å². The Hall–Kier alpha value is -0.723. The maximum atomic E-state index is 5.90. The van der Waals surface area contributed by atoms with Gasteiger partial charge >= 0.3 is 0 Å². The van der Waals surface area contributed by atoms with Gasteiger partial charge in [-0.1, -0.05) is 32.6 Å². The average Bonchev–Trinajstić information content (AvgIpc) is 2.63. The van der Waals surface area contributed by atoms with E-state index < -0.39 is 8.32 Å². The van der Waals surface area contributed by atoms with Gasteiger partial charge in [-0.05, 0) is 49.0 Å². The summed E-state index contributed by atoms with van der Waals surface area (Å²) >= 11 is 0. The largest absolute Gasteiger partial charge is 0.543 e. The molecule has 0 aromatic carbocycles. The minimum atomic E-state index is -1.64. The van der Waals surface area contributed by atoms with Crippen LogP contribution >= 0.6 is 0 Å². The van der Waals surface area contributed by atoms with E-state index in [0.29, 0.717) is 0 Å². The minimum absolute atomic E-state index is 0.262. The van der Waals surface area contributed by atoms with Crippen LogP contribution in [0.5, 0.6) is 0 Å². The third-order valence-electron chi connectivity index (χ3n) is 3.57. The summed E-state index contributed by atoms with van der Waals surface area (Å²) in [6.07, 6.45) is 9.80. The zero-order valence-electron chi connectivity index (χ0n) is 11.3. The molecule has 0 aromatic rings. The van der Waals surface area contributed by atoms with Crippen LogP contribution in [0.25, 0.3) is 0 Å². The van der Waals surface area contributed by atoms with Crippen LogP contribution in [0.3, 0.4) is 0 Å². The van der Waals surface area contributed by atoms with Crippen LogP contribution in [0, 0.1) is 0 Å². The molecule has 1 aliphatic carbocycles. The Morgan fingerprint density at radius 1 is 1.38 bits per heavy atom. The number of hydrogen-bond donors (Lipinski definition) is 0. The van der Waals surface area contributed by atoms with Crippen molar-refractivity contribution >= 4 is 8.32 Å². The van der Waals surface area contributed by atoms with E-state index in [9.17, 15) is 0 Å². The lowest BCUT2D eigenvalue weighted by Gasteiger charge is -2.34. The molecule has 90 valence electrons. The van der Waals surface area contributed by atoms with Gasteiger partial charge in [0.1, 0.15) is 6.26 Å². The monoisotopic (exact) mass is 236 g/mol. The molecule has 1 nitrogen and oxygen atoms in total. The first-order valence-electron chi connectivity index (χ1n) is 6.11. The molecule has 0 aliphatic heterocycles. The lowest BCUT2D eigenvalue weighted by Crippen LogP contribution is -2.38. The third-order valence-corrected chi connectivity index (χ3v) is 7.89. The van der Waals surface area contributed by atoms with E-state index in [1.54, 1.807) is 6.26 Å². The Bertz CT molecular complexity index is 325. The molecule has 0 amide bonds. The Morgan fingerprint density at radius 3 is 2.56 bits per heavy atom. The lowest BCUT2D eigenvalue weighted by atomic mass is 10.2. The minimum Gasteiger partial charge on any atom is -0.543 e. The molecule has 0 radical (unpaired) electrons. The van der Waals surface area contributed by atoms with Gasteiger partial charge in [0.2, 0.25) is 0 Å². The standard InChI is InChI=1S/C14H24OSi/c1-14(2,3)16(4,5)15-12-8-11-13-9-6-7-10-13/h9,11-12H,6-7,10H2,1-5H3. The molecule has 0 N–H and O–H groups in total. The van der Waals surface area contributed by atoms with E-state index in [0.717, 1.165) is 0 Å². The van der Waals surface area contributed by atoms with Crippen LogP contribution in [0.2, 0.25) is 18.1 Å². The maximum absolute atomic E-state index is 5.90. The predicted octanol–water partition coefficient (Wildman–Crippen LogP) is 4.79. The molecule has 0 fully saturated rings. The SMILES string of the molecule is CC(C)(C)[Si](C)(C)OC=C=CC1=CCCC1. The predicted molar refractivity (Wildman–Crippen MR) is 72.9 cm³/mol. The molecule has 1 rings (SSSR count). The fourth-order valence-electron chi connectivity index (χ4n) is 1.33. The zero-order valence-corrected chi connectivity index (χ0v) is 12.3. The molecule has 2 heteroatoms. The van der Waals surface area contributed by atoms with Gasteiger partial charge < -0.3 is 4.43 Å². The first-order chi connectivity index (χ1) is 7.33. The van der Waals surface area contributed by atoms with Crippen molar-refractivity contribution in [2.45, 2.75) is 58.2 Å². The van der Waals surface area contributed by atoms with Crippen molar-refractivity contribution in [2.75, 3.05) is 0 Å². The molecule has 0 saturated heterocycles. The number of rotatable bonds is 3. The van der Waals surface area contributed by atoms with Gasteiger partial charge in [0.05, 0.1) is 0 Å². The lowest BCUT2D eigenvalue weighted by molar-refractivity contribution is 0.431. The van der Waals surface area contributed by atoms with Gasteiger partial charge in [-0.15, -0.1) is 0 Å². The molecular formula is C14H24OSi. The van der Waals surface area contributed by atoms with Crippen molar-refractivity contribution in [3.8, 4) is 0 Å². The fourth-order valence-corrected chi connectivity index (χ4v) is 2.04. The maximum Gasteiger partial charge on any atom is 0.250 e. The summed E-state index contributed by atoms with van der Waals surface area (Å²) in [7, 11) is -1.64. The van der Waals surface area contributed by atoms with Crippen LogP contribution in [0.15, 0.2) is 29.7 Å². The van der Waals surface area contributed by atoms with Crippen LogP contribution in [-0.2, 0) is 4.43 Å². The molecule has 0 aromatic heterocycles. The second-order valence-corrected chi connectivity index (χ2v) is 10.7. The first kappa shape index (κ1) is 13.3. The van der Waals surface area contributed by atoms with Crippen molar-refractivity contribution in [1.82, 2.24) is 0 Å². The van der Waals surface area contributed by atoms with Crippen molar-refractivity contribution in [2.24, 2.45) is 0 Å².